The summed E-state index contributed by atoms with van der Waals surface area (Å²) in [6.45, 7) is 5.52. The molecule has 0 radical (unpaired) electrons. The SMILES string of the molecule is CC1CN(CCCCCBr)CCC1O. The van der Waals surface area contributed by atoms with E-state index >= 15 is 0 Å². The van der Waals surface area contributed by atoms with E-state index in [1.807, 2.05) is 0 Å². The van der Waals surface area contributed by atoms with Crippen molar-refractivity contribution >= 4 is 15.9 Å². The summed E-state index contributed by atoms with van der Waals surface area (Å²) in [6.07, 6.45) is 4.80. The molecule has 0 aliphatic carbocycles. The third-order valence-electron chi connectivity index (χ3n) is 3.05. The Kier molecular flexibility index (Phi) is 6.06. The average molecular weight is 264 g/mol. The molecule has 1 aliphatic heterocycles. The van der Waals surface area contributed by atoms with E-state index in [0.717, 1.165) is 24.8 Å². The zero-order valence-electron chi connectivity index (χ0n) is 9.08. The number of alkyl halides is 1. The zero-order chi connectivity index (χ0) is 10.4. The molecular formula is C11H22BrNO. The van der Waals surface area contributed by atoms with Gasteiger partial charge in [0.15, 0.2) is 0 Å². The molecule has 1 fully saturated rings. The van der Waals surface area contributed by atoms with Gasteiger partial charge in [0.1, 0.15) is 0 Å². The highest BCUT2D eigenvalue weighted by atomic mass is 79.9. The minimum atomic E-state index is -0.0613. The summed E-state index contributed by atoms with van der Waals surface area (Å²) in [4.78, 5) is 2.49. The molecule has 1 aliphatic rings. The molecule has 0 aromatic heterocycles. The number of aliphatic hydroxyl groups is 1. The topological polar surface area (TPSA) is 23.5 Å². The second kappa shape index (κ2) is 6.81. The number of rotatable bonds is 5. The molecular weight excluding hydrogens is 242 g/mol. The quantitative estimate of drug-likeness (QED) is 0.608. The van der Waals surface area contributed by atoms with E-state index in [2.05, 4.69) is 27.8 Å². The summed E-state index contributed by atoms with van der Waals surface area (Å²) in [5.74, 6) is 0.458. The van der Waals surface area contributed by atoms with Gasteiger partial charge in [-0.25, -0.2) is 0 Å². The van der Waals surface area contributed by atoms with Gasteiger partial charge in [0.05, 0.1) is 6.10 Å². The molecule has 0 amide bonds. The van der Waals surface area contributed by atoms with Crippen LogP contribution >= 0.6 is 15.9 Å². The summed E-state index contributed by atoms with van der Waals surface area (Å²) in [7, 11) is 0. The number of likely N-dealkylation sites (tertiary alicyclic amines) is 1. The molecule has 2 atom stereocenters. The Labute approximate surface area is 95.8 Å². The maximum absolute atomic E-state index is 9.57. The Hall–Kier alpha value is 0.400. The average Bonchev–Trinajstić information content (AvgIpc) is 2.18. The van der Waals surface area contributed by atoms with Gasteiger partial charge in [0.2, 0.25) is 0 Å². The molecule has 1 heterocycles. The maximum Gasteiger partial charge on any atom is 0.0590 e. The molecule has 14 heavy (non-hydrogen) atoms. The van der Waals surface area contributed by atoms with Crippen molar-refractivity contribution in [2.45, 2.75) is 38.7 Å². The Bertz CT molecular complexity index is 154. The lowest BCUT2D eigenvalue weighted by Crippen LogP contribution is -2.42. The Morgan fingerprint density at radius 2 is 2.14 bits per heavy atom. The predicted octanol–water partition coefficient (Wildman–Crippen LogP) is 2.25. The van der Waals surface area contributed by atoms with Crippen molar-refractivity contribution in [3.05, 3.63) is 0 Å². The molecule has 2 nitrogen and oxygen atoms in total. The fourth-order valence-electron chi connectivity index (χ4n) is 2.03. The monoisotopic (exact) mass is 263 g/mol. The van der Waals surface area contributed by atoms with E-state index in [0.29, 0.717) is 5.92 Å². The second-order valence-electron chi connectivity index (χ2n) is 4.38. The fourth-order valence-corrected chi connectivity index (χ4v) is 2.43. The van der Waals surface area contributed by atoms with Crippen LogP contribution in [0.5, 0.6) is 0 Å². The Balaban J connectivity index is 2.07. The van der Waals surface area contributed by atoms with Crippen LogP contribution in [-0.2, 0) is 0 Å². The largest absolute Gasteiger partial charge is 0.393 e. The van der Waals surface area contributed by atoms with Crippen LogP contribution < -0.4 is 0 Å². The minimum absolute atomic E-state index is 0.0613. The second-order valence-corrected chi connectivity index (χ2v) is 5.18. The lowest BCUT2D eigenvalue weighted by molar-refractivity contribution is 0.0345. The van der Waals surface area contributed by atoms with Crippen molar-refractivity contribution in [2.75, 3.05) is 25.0 Å². The number of piperidine rings is 1. The molecule has 0 aromatic carbocycles. The maximum atomic E-state index is 9.57. The lowest BCUT2D eigenvalue weighted by atomic mass is 9.96. The molecule has 0 spiro atoms. The molecule has 0 saturated carbocycles. The van der Waals surface area contributed by atoms with E-state index in [1.165, 1.54) is 25.8 Å². The van der Waals surface area contributed by atoms with Crippen LogP contribution in [0.25, 0.3) is 0 Å². The van der Waals surface area contributed by atoms with E-state index < -0.39 is 0 Å². The van der Waals surface area contributed by atoms with Crippen LogP contribution in [0, 0.1) is 5.92 Å². The first-order valence-electron chi connectivity index (χ1n) is 5.70. The Morgan fingerprint density at radius 1 is 1.36 bits per heavy atom. The Morgan fingerprint density at radius 3 is 2.79 bits per heavy atom. The van der Waals surface area contributed by atoms with Crippen molar-refractivity contribution in [2.24, 2.45) is 5.92 Å². The van der Waals surface area contributed by atoms with Gasteiger partial charge in [-0.2, -0.15) is 0 Å². The van der Waals surface area contributed by atoms with Crippen molar-refractivity contribution < 1.29 is 5.11 Å². The summed E-state index contributed by atoms with van der Waals surface area (Å²) >= 11 is 3.45. The molecule has 0 aromatic rings. The predicted molar refractivity (Wildman–Crippen MR) is 63.9 cm³/mol. The van der Waals surface area contributed by atoms with Crippen LogP contribution in [0.15, 0.2) is 0 Å². The first-order chi connectivity index (χ1) is 6.74. The number of hydrogen-bond donors (Lipinski definition) is 1. The van der Waals surface area contributed by atoms with Gasteiger partial charge in [-0.05, 0) is 31.7 Å². The number of nitrogens with zero attached hydrogens (tertiary/aromatic N) is 1. The van der Waals surface area contributed by atoms with Crippen molar-refractivity contribution in [1.82, 2.24) is 4.90 Å². The molecule has 1 rings (SSSR count). The molecule has 3 heteroatoms. The molecule has 1 saturated heterocycles. The highest BCUT2D eigenvalue weighted by Gasteiger charge is 2.23. The van der Waals surface area contributed by atoms with Crippen LogP contribution in [0.4, 0.5) is 0 Å². The summed E-state index contributed by atoms with van der Waals surface area (Å²) in [5, 5.41) is 10.7. The van der Waals surface area contributed by atoms with Crippen LogP contribution in [0.1, 0.15) is 32.6 Å². The van der Waals surface area contributed by atoms with Gasteiger partial charge >= 0.3 is 0 Å². The fraction of sp³-hybridized carbons (Fsp3) is 1.00. The van der Waals surface area contributed by atoms with Gasteiger partial charge in [-0.3, -0.25) is 0 Å². The third-order valence-corrected chi connectivity index (χ3v) is 3.61. The summed E-state index contributed by atoms with van der Waals surface area (Å²) in [5.41, 5.74) is 0. The van der Waals surface area contributed by atoms with Gasteiger partial charge in [-0.1, -0.05) is 29.3 Å². The van der Waals surface area contributed by atoms with Crippen molar-refractivity contribution in [3.63, 3.8) is 0 Å². The number of hydrogen-bond acceptors (Lipinski definition) is 2. The van der Waals surface area contributed by atoms with Gasteiger partial charge < -0.3 is 10.0 Å². The van der Waals surface area contributed by atoms with Crippen molar-refractivity contribution in [3.8, 4) is 0 Å². The number of unbranched alkanes of at least 4 members (excludes halogenated alkanes) is 2. The first-order valence-corrected chi connectivity index (χ1v) is 6.82. The molecule has 1 N–H and O–H groups in total. The smallest absolute Gasteiger partial charge is 0.0590 e. The highest BCUT2D eigenvalue weighted by molar-refractivity contribution is 9.09. The third kappa shape index (κ3) is 4.28. The van der Waals surface area contributed by atoms with Gasteiger partial charge in [0, 0.05) is 18.4 Å². The lowest BCUT2D eigenvalue weighted by Gasteiger charge is -2.34. The van der Waals surface area contributed by atoms with E-state index in [-0.39, 0.29) is 6.10 Å². The molecule has 84 valence electrons. The standard InChI is InChI=1S/C11H22BrNO/c1-10-9-13(8-5-11(10)14)7-4-2-3-6-12/h10-11,14H,2-9H2,1H3. The van der Waals surface area contributed by atoms with Crippen LogP contribution in [0.3, 0.4) is 0 Å². The van der Waals surface area contributed by atoms with Crippen LogP contribution in [-0.4, -0.2) is 41.1 Å². The number of aliphatic hydroxyl groups excluding tert-OH is 1. The van der Waals surface area contributed by atoms with E-state index in [4.69, 9.17) is 0 Å². The van der Waals surface area contributed by atoms with E-state index in [9.17, 15) is 5.11 Å². The van der Waals surface area contributed by atoms with E-state index in [1.54, 1.807) is 0 Å². The van der Waals surface area contributed by atoms with Crippen LogP contribution in [0.2, 0.25) is 0 Å². The summed E-state index contributed by atoms with van der Waals surface area (Å²) < 4.78 is 0. The minimum Gasteiger partial charge on any atom is -0.393 e. The summed E-state index contributed by atoms with van der Waals surface area (Å²) in [6, 6.07) is 0. The first kappa shape index (κ1) is 12.5. The van der Waals surface area contributed by atoms with Gasteiger partial charge in [-0.15, -0.1) is 0 Å². The molecule has 0 bridgehead atoms. The molecule has 2 unspecified atom stereocenters. The van der Waals surface area contributed by atoms with Gasteiger partial charge in [0.25, 0.3) is 0 Å². The normalized spacial score (nSPS) is 29.4. The number of halogens is 1. The highest BCUT2D eigenvalue weighted by Crippen LogP contribution is 2.16. The zero-order valence-corrected chi connectivity index (χ0v) is 10.7. The van der Waals surface area contributed by atoms with Crippen molar-refractivity contribution in [1.29, 1.82) is 0 Å².